The zero-order chi connectivity index (χ0) is 17.4. The van der Waals surface area contributed by atoms with Crippen molar-refractivity contribution in [1.82, 2.24) is 20.9 Å². The van der Waals surface area contributed by atoms with Gasteiger partial charge in [0.05, 0.1) is 6.04 Å². The Balaban J connectivity index is 1.67. The Morgan fingerprint density at radius 1 is 1.08 bits per heavy atom. The highest BCUT2D eigenvalue weighted by molar-refractivity contribution is 5.81. The van der Waals surface area contributed by atoms with Gasteiger partial charge in [-0.05, 0) is 32.6 Å². The van der Waals surface area contributed by atoms with Gasteiger partial charge in [-0.2, -0.15) is 0 Å². The average molecular weight is 336 g/mol. The molecule has 24 heavy (non-hydrogen) atoms. The summed E-state index contributed by atoms with van der Waals surface area (Å²) in [6, 6.07) is 0.375. The molecular weight excluding hydrogens is 304 g/mol. The van der Waals surface area contributed by atoms with E-state index >= 15 is 0 Å². The molecule has 3 N–H and O–H groups in total. The van der Waals surface area contributed by atoms with Crippen LogP contribution in [0.5, 0.6) is 0 Å². The van der Waals surface area contributed by atoms with E-state index in [0.717, 1.165) is 38.8 Å². The maximum absolute atomic E-state index is 12.1. The Kier molecular flexibility index (Phi) is 7.56. The average Bonchev–Trinajstić information content (AvgIpc) is 2.60. The van der Waals surface area contributed by atoms with Crippen LogP contribution in [0.2, 0.25) is 0 Å². The van der Waals surface area contributed by atoms with Crippen LogP contribution in [-0.4, -0.2) is 54.6 Å². The molecule has 2 rings (SSSR count). The number of rotatable bonds is 6. The van der Waals surface area contributed by atoms with Gasteiger partial charge in [-0.3, -0.25) is 9.69 Å². The van der Waals surface area contributed by atoms with Crippen molar-refractivity contribution in [2.24, 2.45) is 0 Å². The summed E-state index contributed by atoms with van der Waals surface area (Å²) in [4.78, 5) is 26.3. The van der Waals surface area contributed by atoms with Gasteiger partial charge in [0.15, 0.2) is 0 Å². The predicted octanol–water partition coefficient (Wildman–Crippen LogP) is 1.77. The second-order valence-corrected chi connectivity index (χ2v) is 6.97. The fraction of sp³-hybridized carbons (Fsp3) is 0.778. The van der Waals surface area contributed by atoms with Gasteiger partial charge in [0.25, 0.3) is 0 Å². The zero-order valence-corrected chi connectivity index (χ0v) is 14.9. The van der Waals surface area contributed by atoms with Crippen molar-refractivity contribution in [3.63, 3.8) is 0 Å². The highest BCUT2D eigenvalue weighted by atomic mass is 16.2. The second kappa shape index (κ2) is 9.67. The van der Waals surface area contributed by atoms with Gasteiger partial charge >= 0.3 is 6.03 Å². The molecule has 1 aliphatic heterocycles. The lowest BCUT2D eigenvalue weighted by Gasteiger charge is -2.35. The molecular formula is C18H32N4O2. The molecule has 1 heterocycles. The Hall–Kier alpha value is -1.56. The number of likely N-dealkylation sites (tertiary alicyclic amines) is 1. The molecule has 0 bridgehead atoms. The summed E-state index contributed by atoms with van der Waals surface area (Å²) in [7, 11) is 0. The predicted molar refractivity (Wildman–Crippen MR) is 95.8 cm³/mol. The van der Waals surface area contributed by atoms with E-state index in [2.05, 4.69) is 27.4 Å². The van der Waals surface area contributed by atoms with Crippen LogP contribution in [0.1, 0.15) is 51.9 Å². The topological polar surface area (TPSA) is 73.5 Å². The Labute approximate surface area is 145 Å². The molecule has 0 aromatic rings. The lowest BCUT2D eigenvalue weighted by atomic mass is 9.96. The number of nitrogens with zero attached hydrogens (tertiary/aromatic N) is 1. The minimum atomic E-state index is -0.137. The molecule has 0 spiro atoms. The van der Waals surface area contributed by atoms with E-state index < -0.39 is 0 Å². The second-order valence-electron chi connectivity index (χ2n) is 6.97. The van der Waals surface area contributed by atoms with E-state index in [1.165, 1.54) is 19.3 Å². The SMILES string of the molecule is C=CCNC(=O)C(C)N1CCC(NC(=O)NC2CCCCC2)CC1. The smallest absolute Gasteiger partial charge is 0.315 e. The summed E-state index contributed by atoms with van der Waals surface area (Å²) in [6.07, 6.45) is 9.38. The molecule has 1 atom stereocenters. The number of hydrogen-bond donors (Lipinski definition) is 3. The van der Waals surface area contributed by atoms with Crippen molar-refractivity contribution < 1.29 is 9.59 Å². The van der Waals surface area contributed by atoms with Crippen LogP contribution in [0.25, 0.3) is 0 Å². The summed E-state index contributed by atoms with van der Waals surface area (Å²) in [5.41, 5.74) is 0. The number of carbonyl (C=O) groups excluding carboxylic acids is 2. The van der Waals surface area contributed by atoms with Crippen LogP contribution < -0.4 is 16.0 Å². The van der Waals surface area contributed by atoms with Gasteiger partial charge in [0.1, 0.15) is 0 Å². The van der Waals surface area contributed by atoms with Crippen LogP contribution in [-0.2, 0) is 4.79 Å². The Morgan fingerprint density at radius 3 is 2.25 bits per heavy atom. The van der Waals surface area contributed by atoms with Crippen molar-refractivity contribution in [3.8, 4) is 0 Å². The highest BCUT2D eigenvalue weighted by Crippen LogP contribution is 2.17. The zero-order valence-electron chi connectivity index (χ0n) is 14.9. The summed E-state index contributed by atoms with van der Waals surface area (Å²) in [6.45, 7) is 7.71. The number of hydrogen-bond acceptors (Lipinski definition) is 3. The maximum atomic E-state index is 12.1. The summed E-state index contributed by atoms with van der Waals surface area (Å²) in [5.74, 6) is 0.0383. The molecule has 1 aliphatic carbocycles. The molecule has 1 unspecified atom stereocenters. The largest absolute Gasteiger partial charge is 0.351 e. The minimum absolute atomic E-state index is 0.0304. The van der Waals surface area contributed by atoms with E-state index in [1.807, 2.05) is 6.92 Å². The molecule has 6 heteroatoms. The third kappa shape index (κ3) is 5.82. The first-order chi connectivity index (χ1) is 11.6. The monoisotopic (exact) mass is 336 g/mol. The van der Waals surface area contributed by atoms with E-state index in [9.17, 15) is 9.59 Å². The molecule has 1 saturated carbocycles. The van der Waals surface area contributed by atoms with Crippen LogP contribution in [0, 0.1) is 0 Å². The molecule has 0 radical (unpaired) electrons. The summed E-state index contributed by atoms with van der Waals surface area (Å²) < 4.78 is 0. The Bertz CT molecular complexity index is 427. The van der Waals surface area contributed by atoms with Gasteiger partial charge in [0, 0.05) is 31.7 Å². The van der Waals surface area contributed by atoms with Gasteiger partial charge in [-0.15, -0.1) is 6.58 Å². The highest BCUT2D eigenvalue weighted by Gasteiger charge is 2.27. The van der Waals surface area contributed by atoms with Crippen molar-refractivity contribution in [2.45, 2.75) is 70.0 Å². The minimum Gasteiger partial charge on any atom is -0.351 e. The van der Waals surface area contributed by atoms with Gasteiger partial charge < -0.3 is 16.0 Å². The van der Waals surface area contributed by atoms with Crippen LogP contribution in [0.15, 0.2) is 12.7 Å². The first-order valence-electron chi connectivity index (χ1n) is 9.30. The van der Waals surface area contributed by atoms with Crippen molar-refractivity contribution >= 4 is 11.9 Å². The quantitative estimate of drug-likeness (QED) is 0.647. The van der Waals surface area contributed by atoms with Crippen LogP contribution >= 0.6 is 0 Å². The van der Waals surface area contributed by atoms with Crippen molar-refractivity contribution in [3.05, 3.63) is 12.7 Å². The van der Waals surface area contributed by atoms with E-state index in [4.69, 9.17) is 0 Å². The number of urea groups is 1. The molecule has 6 nitrogen and oxygen atoms in total. The normalized spacial score (nSPS) is 21.7. The Morgan fingerprint density at radius 2 is 1.67 bits per heavy atom. The number of amides is 3. The molecule has 1 saturated heterocycles. The van der Waals surface area contributed by atoms with Crippen LogP contribution in [0.3, 0.4) is 0 Å². The number of piperidine rings is 1. The molecule has 2 fully saturated rings. The third-order valence-corrected chi connectivity index (χ3v) is 5.15. The summed E-state index contributed by atoms with van der Waals surface area (Å²) >= 11 is 0. The lowest BCUT2D eigenvalue weighted by Crippen LogP contribution is -2.53. The van der Waals surface area contributed by atoms with E-state index in [0.29, 0.717) is 12.6 Å². The van der Waals surface area contributed by atoms with E-state index in [1.54, 1.807) is 6.08 Å². The molecule has 136 valence electrons. The van der Waals surface area contributed by atoms with E-state index in [-0.39, 0.29) is 24.0 Å². The molecule has 0 aromatic carbocycles. The van der Waals surface area contributed by atoms with Gasteiger partial charge in [0.2, 0.25) is 5.91 Å². The number of nitrogens with one attached hydrogen (secondary N) is 3. The first-order valence-corrected chi connectivity index (χ1v) is 9.30. The van der Waals surface area contributed by atoms with Crippen LogP contribution in [0.4, 0.5) is 4.79 Å². The van der Waals surface area contributed by atoms with Gasteiger partial charge in [-0.25, -0.2) is 4.79 Å². The maximum Gasteiger partial charge on any atom is 0.315 e. The van der Waals surface area contributed by atoms with Crippen molar-refractivity contribution in [2.75, 3.05) is 19.6 Å². The fourth-order valence-corrected chi connectivity index (χ4v) is 3.58. The molecule has 0 aromatic heterocycles. The third-order valence-electron chi connectivity index (χ3n) is 5.15. The molecule has 2 aliphatic rings. The van der Waals surface area contributed by atoms with Crippen molar-refractivity contribution in [1.29, 1.82) is 0 Å². The summed E-state index contributed by atoms with van der Waals surface area (Å²) in [5, 5.41) is 9.04. The lowest BCUT2D eigenvalue weighted by molar-refractivity contribution is -0.126. The first kappa shape index (κ1) is 18.8. The number of carbonyl (C=O) groups is 2. The molecule has 3 amide bonds. The fourth-order valence-electron chi connectivity index (χ4n) is 3.58. The standard InChI is InChI=1S/C18H32N4O2/c1-3-11-19-17(23)14(2)22-12-9-16(10-13-22)21-18(24)20-15-7-5-4-6-8-15/h3,14-16H,1,4-13H2,2H3,(H,19,23)(H2,20,21,24). The van der Waals surface area contributed by atoms with Gasteiger partial charge in [-0.1, -0.05) is 25.3 Å².